The van der Waals surface area contributed by atoms with Crippen molar-refractivity contribution in [3.05, 3.63) is 110 Å². The molecule has 0 spiro atoms. The molecule has 0 bridgehead atoms. The predicted octanol–water partition coefficient (Wildman–Crippen LogP) is 6.44. The molecule has 0 radical (unpaired) electrons. The lowest BCUT2D eigenvalue weighted by Gasteiger charge is -2.09. The maximum absolute atomic E-state index is 13.4. The number of nitrogens with zero attached hydrogens (tertiary/aromatic N) is 4. The Morgan fingerprint density at radius 3 is 2.60 bits per heavy atom. The molecule has 35 heavy (non-hydrogen) atoms. The van der Waals surface area contributed by atoms with E-state index in [2.05, 4.69) is 44.7 Å². The predicted molar refractivity (Wildman–Crippen MR) is 143 cm³/mol. The van der Waals surface area contributed by atoms with Crippen molar-refractivity contribution in [2.45, 2.75) is 33.2 Å². The maximum atomic E-state index is 13.4. The van der Waals surface area contributed by atoms with Crippen LogP contribution in [-0.2, 0) is 13.0 Å². The third-order valence-electron chi connectivity index (χ3n) is 6.18. The van der Waals surface area contributed by atoms with Gasteiger partial charge in [0.05, 0.1) is 17.1 Å². The fourth-order valence-corrected chi connectivity index (χ4v) is 4.77. The van der Waals surface area contributed by atoms with Crippen molar-refractivity contribution in [2.75, 3.05) is 0 Å². The van der Waals surface area contributed by atoms with E-state index in [1.807, 2.05) is 31.2 Å². The Kier molecular flexibility index (Phi) is 6.34. The Bertz CT molecular complexity index is 1630. The molecule has 5 aromatic rings. The smallest absolute Gasteiger partial charge is 0.282 e. The Morgan fingerprint density at radius 1 is 1.06 bits per heavy atom. The number of halogens is 2. The van der Waals surface area contributed by atoms with Crippen LogP contribution >= 0.6 is 15.9 Å². The molecule has 0 saturated heterocycles. The SMILES string of the molecule is CCCc1nc2ccc(Br)cc2c(=O)n1N=Cc1c(C)n(Cc2ccc(F)cc2)c2ccccc12. The first-order valence-corrected chi connectivity index (χ1v) is 12.3. The average Bonchev–Trinajstić information content (AvgIpc) is 3.12. The number of aromatic nitrogens is 3. The van der Waals surface area contributed by atoms with Crippen LogP contribution in [0.1, 0.15) is 36.0 Å². The third kappa shape index (κ3) is 4.44. The largest absolute Gasteiger partial charge is 0.340 e. The van der Waals surface area contributed by atoms with E-state index in [1.54, 1.807) is 24.4 Å². The monoisotopic (exact) mass is 530 g/mol. The second-order valence-electron chi connectivity index (χ2n) is 8.53. The quantitative estimate of drug-likeness (QED) is 0.237. The van der Waals surface area contributed by atoms with Gasteiger partial charge in [0.1, 0.15) is 11.6 Å². The molecule has 0 N–H and O–H groups in total. The van der Waals surface area contributed by atoms with Gasteiger partial charge in [0.2, 0.25) is 0 Å². The van der Waals surface area contributed by atoms with Crippen molar-refractivity contribution in [2.24, 2.45) is 5.10 Å². The summed E-state index contributed by atoms with van der Waals surface area (Å²) in [5.74, 6) is 0.385. The highest BCUT2D eigenvalue weighted by atomic mass is 79.9. The summed E-state index contributed by atoms with van der Waals surface area (Å²) in [6, 6.07) is 20.2. The van der Waals surface area contributed by atoms with E-state index in [-0.39, 0.29) is 11.4 Å². The third-order valence-corrected chi connectivity index (χ3v) is 6.68. The molecular weight excluding hydrogens is 507 g/mol. The molecule has 176 valence electrons. The topological polar surface area (TPSA) is 52.2 Å². The number of benzene rings is 3. The maximum Gasteiger partial charge on any atom is 0.282 e. The van der Waals surface area contributed by atoms with Gasteiger partial charge in [0, 0.05) is 39.6 Å². The van der Waals surface area contributed by atoms with Crippen LogP contribution in [-0.4, -0.2) is 20.4 Å². The second kappa shape index (κ2) is 9.58. The van der Waals surface area contributed by atoms with Crippen LogP contribution in [0.5, 0.6) is 0 Å². The van der Waals surface area contributed by atoms with Gasteiger partial charge >= 0.3 is 0 Å². The molecule has 0 fully saturated rings. The van der Waals surface area contributed by atoms with Crippen LogP contribution in [0.2, 0.25) is 0 Å². The van der Waals surface area contributed by atoms with Gasteiger partial charge < -0.3 is 4.57 Å². The zero-order valence-corrected chi connectivity index (χ0v) is 21.1. The fourth-order valence-electron chi connectivity index (χ4n) is 4.41. The number of para-hydroxylation sites is 1. The number of hydrogen-bond donors (Lipinski definition) is 0. The highest BCUT2D eigenvalue weighted by Gasteiger charge is 2.14. The zero-order valence-electron chi connectivity index (χ0n) is 19.5. The highest BCUT2D eigenvalue weighted by Crippen LogP contribution is 2.26. The van der Waals surface area contributed by atoms with Crippen LogP contribution in [0.3, 0.4) is 0 Å². The zero-order chi connectivity index (χ0) is 24.5. The number of rotatable bonds is 6. The Morgan fingerprint density at radius 2 is 1.83 bits per heavy atom. The lowest BCUT2D eigenvalue weighted by Crippen LogP contribution is -2.22. The standard InChI is InChI=1S/C28H24BrFN4O/c1-3-6-27-32-25-14-11-20(29)15-23(25)28(35)34(27)31-16-24-18(2)33(26-8-5-4-7-22(24)26)17-19-9-12-21(30)13-10-19/h4-5,7-16H,3,6,17H2,1-2H3. The molecule has 0 unspecified atom stereocenters. The first-order chi connectivity index (χ1) is 17.0. The van der Waals surface area contributed by atoms with E-state index >= 15 is 0 Å². The minimum Gasteiger partial charge on any atom is -0.340 e. The van der Waals surface area contributed by atoms with E-state index in [9.17, 15) is 9.18 Å². The molecule has 0 amide bonds. The number of fused-ring (bicyclic) bond motifs is 2. The van der Waals surface area contributed by atoms with Gasteiger partial charge in [0.25, 0.3) is 5.56 Å². The highest BCUT2D eigenvalue weighted by molar-refractivity contribution is 9.10. The van der Waals surface area contributed by atoms with Gasteiger partial charge in [-0.25, -0.2) is 9.37 Å². The van der Waals surface area contributed by atoms with E-state index in [0.29, 0.717) is 29.7 Å². The number of aryl methyl sites for hydroxylation is 1. The van der Waals surface area contributed by atoms with Gasteiger partial charge in [-0.3, -0.25) is 4.79 Å². The molecule has 0 aliphatic heterocycles. The minimum absolute atomic E-state index is 0.191. The molecule has 3 aromatic carbocycles. The van der Waals surface area contributed by atoms with Gasteiger partial charge in [-0.2, -0.15) is 9.78 Å². The summed E-state index contributed by atoms with van der Waals surface area (Å²) in [6.07, 6.45) is 3.24. The van der Waals surface area contributed by atoms with Crippen molar-refractivity contribution in [3.8, 4) is 0 Å². The van der Waals surface area contributed by atoms with Crippen LogP contribution in [0.25, 0.3) is 21.8 Å². The van der Waals surface area contributed by atoms with Crippen LogP contribution in [0.4, 0.5) is 4.39 Å². The first-order valence-electron chi connectivity index (χ1n) is 11.5. The van der Waals surface area contributed by atoms with Crippen LogP contribution in [0.15, 0.2) is 81.1 Å². The number of hydrogen-bond acceptors (Lipinski definition) is 3. The average molecular weight is 531 g/mol. The molecule has 5 rings (SSSR count). The van der Waals surface area contributed by atoms with Crippen LogP contribution < -0.4 is 5.56 Å². The molecular formula is C28H24BrFN4O. The van der Waals surface area contributed by atoms with Crippen LogP contribution in [0, 0.1) is 12.7 Å². The Labute approximate surface area is 210 Å². The van der Waals surface area contributed by atoms with Gasteiger partial charge in [-0.1, -0.05) is 53.2 Å². The summed E-state index contributed by atoms with van der Waals surface area (Å²) in [5.41, 5.74) is 4.48. The minimum atomic E-state index is -0.250. The normalized spacial score (nSPS) is 11.8. The fraction of sp³-hybridized carbons (Fsp3) is 0.179. The first kappa shape index (κ1) is 23.2. The molecule has 0 atom stereocenters. The van der Waals surface area contributed by atoms with Crippen molar-refractivity contribution >= 4 is 44.0 Å². The van der Waals surface area contributed by atoms with E-state index in [1.165, 1.54) is 16.8 Å². The van der Waals surface area contributed by atoms with Gasteiger partial charge in [-0.15, -0.1) is 0 Å². The Balaban J connectivity index is 1.64. The molecule has 7 heteroatoms. The summed E-state index contributed by atoms with van der Waals surface area (Å²) < 4.78 is 17.8. The summed E-state index contributed by atoms with van der Waals surface area (Å²) >= 11 is 3.45. The lowest BCUT2D eigenvalue weighted by atomic mass is 10.1. The van der Waals surface area contributed by atoms with Crippen molar-refractivity contribution < 1.29 is 4.39 Å². The molecule has 0 aliphatic carbocycles. The summed E-state index contributed by atoms with van der Waals surface area (Å²) in [7, 11) is 0. The molecule has 2 aromatic heterocycles. The Hall–Kier alpha value is -3.58. The van der Waals surface area contributed by atoms with E-state index < -0.39 is 0 Å². The van der Waals surface area contributed by atoms with Gasteiger partial charge in [0.15, 0.2) is 0 Å². The molecule has 2 heterocycles. The molecule has 0 aliphatic rings. The summed E-state index contributed by atoms with van der Waals surface area (Å²) in [6.45, 7) is 4.70. The van der Waals surface area contributed by atoms with E-state index in [4.69, 9.17) is 4.98 Å². The van der Waals surface area contributed by atoms with Crippen molar-refractivity contribution in [3.63, 3.8) is 0 Å². The second-order valence-corrected chi connectivity index (χ2v) is 9.45. The van der Waals surface area contributed by atoms with E-state index in [0.717, 1.165) is 38.6 Å². The summed E-state index contributed by atoms with van der Waals surface area (Å²) in [4.78, 5) is 18.1. The molecule has 0 saturated carbocycles. The molecule has 5 nitrogen and oxygen atoms in total. The van der Waals surface area contributed by atoms with Crippen molar-refractivity contribution in [1.82, 2.24) is 14.2 Å². The summed E-state index contributed by atoms with van der Waals surface area (Å²) in [5, 5.41) is 6.22. The van der Waals surface area contributed by atoms with Crippen molar-refractivity contribution in [1.29, 1.82) is 0 Å². The van der Waals surface area contributed by atoms with Gasteiger partial charge in [-0.05, 0) is 55.3 Å². The lowest BCUT2D eigenvalue weighted by molar-refractivity contribution is 0.626.